The Balaban J connectivity index is 2.03. The van der Waals surface area contributed by atoms with Gasteiger partial charge in [-0.15, -0.1) is 0 Å². The Labute approximate surface area is 151 Å². The van der Waals surface area contributed by atoms with Crippen LogP contribution in [0.5, 0.6) is 17.2 Å². The first-order chi connectivity index (χ1) is 12.6. The number of rotatable bonds is 8. The van der Waals surface area contributed by atoms with E-state index in [0.717, 1.165) is 5.56 Å². The number of amides is 1. The largest absolute Gasteiger partial charge is 0.497 e. The average molecular weight is 359 g/mol. The zero-order valence-electron chi connectivity index (χ0n) is 14.9. The number of carbonyl (C=O) groups excluding carboxylic acids is 2. The summed E-state index contributed by atoms with van der Waals surface area (Å²) in [5.41, 5.74) is 1.20. The van der Waals surface area contributed by atoms with Gasteiger partial charge in [0.05, 0.1) is 21.3 Å². The van der Waals surface area contributed by atoms with Crippen LogP contribution in [0.1, 0.15) is 15.9 Å². The average Bonchev–Trinajstić information content (AvgIpc) is 2.69. The van der Waals surface area contributed by atoms with Crippen LogP contribution in [0.25, 0.3) is 0 Å². The summed E-state index contributed by atoms with van der Waals surface area (Å²) < 4.78 is 20.3. The predicted molar refractivity (Wildman–Crippen MR) is 94.7 cm³/mol. The van der Waals surface area contributed by atoms with Gasteiger partial charge < -0.3 is 24.3 Å². The minimum atomic E-state index is -0.495. The highest BCUT2D eigenvalue weighted by Crippen LogP contribution is 2.24. The van der Waals surface area contributed by atoms with E-state index in [1.165, 1.54) is 7.11 Å². The molecule has 0 aromatic heterocycles. The van der Waals surface area contributed by atoms with Crippen LogP contribution in [-0.4, -0.2) is 39.8 Å². The standard InChI is InChI=1S/C19H21NO6/c1-23-15-7-8-17(24-2)14(10-15)11-20-19(22)13-5-4-6-16(9-13)26-12-18(21)25-3/h4-10H,11-12H2,1-3H3,(H,20,22). The normalized spacial score (nSPS) is 9.96. The Morgan fingerprint density at radius 1 is 0.962 bits per heavy atom. The van der Waals surface area contributed by atoms with E-state index in [4.69, 9.17) is 14.2 Å². The van der Waals surface area contributed by atoms with Crippen LogP contribution in [-0.2, 0) is 16.1 Å². The van der Waals surface area contributed by atoms with Crippen molar-refractivity contribution in [3.8, 4) is 17.2 Å². The molecule has 0 unspecified atom stereocenters. The fourth-order valence-corrected chi connectivity index (χ4v) is 2.23. The Kier molecular flexibility index (Phi) is 6.84. The van der Waals surface area contributed by atoms with Crippen molar-refractivity contribution < 1.29 is 28.5 Å². The monoisotopic (exact) mass is 359 g/mol. The first kappa shape index (κ1) is 19.1. The smallest absolute Gasteiger partial charge is 0.343 e. The number of hydrogen-bond donors (Lipinski definition) is 1. The van der Waals surface area contributed by atoms with E-state index in [1.54, 1.807) is 56.7 Å². The summed E-state index contributed by atoms with van der Waals surface area (Å²) in [6, 6.07) is 11.9. The quantitative estimate of drug-likeness (QED) is 0.728. The lowest BCUT2D eigenvalue weighted by molar-refractivity contribution is -0.142. The number of nitrogens with one attached hydrogen (secondary N) is 1. The number of methoxy groups -OCH3 is 3. The number of benzene rings is 2. The van der Waals surface area contributed by atoms with Crippen molar-refractivity contribution in [2.75, 3.05) is 27.9 Å². The molecule has 0 radical (unpaired) electrons. The molecule has 0 heterocycles. The van der Waals surface area contributed by atoms with Gasteiger partial charge in [0.15, 0.2) is 6.61 Å². The van der Waals surface area contributed by atoms with Gasteiger partial charge in [0.2, 0.25) is 0 Å². The SMILES string of the molecule is COC(=O)COc1cccc(C(=O)NCc2cc(OC)ccc2OC)c1. The summed E-state index contributed by atoms with van der Waals surface area (Å²) in [6.07, 6.45) is 0. The van der Waals surface area contributed by atoms with Crippen LogP contribution in [0.15, 0.2) is 42.5 Å². The molecule has 26 heavy (non-hydrogen) atoms. The lowest BCUT2D eigenvalue weighted by atomic mass is 10.1. The summed E-state index contributed by atoms with van der Waals surface area (Å²) in [5, 5.41) is 2.82. The van der Waals surface area contributed by atoms with E-state index in [1.807, 2.05) is 0 Å². The topological polar surface area (TPSA) is 83.1 Å². The van der Waals surface area contributed by atoms with Gasteiger partial charge in [0.25, 0.3) is 5.91 Å². The molecule has 0 aliphatic heterocycles. The Morgan fingerprint density at radius 3 is 2.46 bits per heavy atom. The van der Waals surface area contributed by atoms with Gasteiger partial charge in [0.1, 0.15) is 17.2 Å². The molecule has 0 aliphatic rings. The molecule has 138 valence electrons. The van der Waals surface area contributed by atoms with Crippen LogP contribution in [0, 0.1) is 0 Å². The van der Waals surface area contributed by atoms with E-state index in [9.17, 15) is 9.59 Å². The van der Waals surface area contributed by atoms with Gasteiger partial charge in [0, 0.05) is 17.7 Å². The maximum absolute atomic E-state index is 12.4. The predicted octanol–water partition coefficient (Wildman–Crippen LogP) is 2.19. The van der Waals surface area contributed by atoms with Gasteiger partial charge in [-0.05, 0) is 36.4 Å². The highest BCUT2D eigenvalue weighted by Gasteiger charge is 2.10. The molecule has 2 aromatic rings. The van der Waals surface area contributed by atoms with E-state index in [0.29, 0.717) is 22.8 Å². The van der Waals surface area contributed by atoms with E-state index >= 15 is 0 Å². The molecule has 0 fully saturated rings. The molecule has 0 saturated heterocycles. The molecule has 0 aliphatic carbocycles. The highest BCUT2D eigenvalue weighted by molar-refractivity contribution is 5.94. The summed E-state index contributed by atoms with van der Waals surface area (Å²) >= 11 is 0. The van der Waals surface area contributed by atoms with Crippen molar-refractivity contribution >= 4 is 11.9 Å². The minimum absolute atomic E-state index is 0.220. The molecule has 2 aromatic carbocycles. The molecule has 0 saturated carbocycles. The molecule has 0 bridgehead atoms. The Morgan fingerprint density at radius 2 is 1.77 bits per heavy atom. The number of carbonyl (C=O) groups is 2. The van der Waals surface area contributed by atoms with Crippen molar-refractivity contribution in [2.24, 2.45) is 0 Å². The third-order valence-electron chi connectivity index (χ3n) is 3.61. The zero-order valence-corrected chi connectivity index (χ0v) is 14.9. The van der Waals surface area contributed by atoms with Crippen LogP contribution < -0.4 is 19.5 Å². The second-order valence-corrected chi connectivity index (χ2v) is 5.25. The van der Waals surface area contributed by atoms with Crippen LogP contribution in [0.4, 0.5) is 0 Å². The summed E-state index contributed by atoms with van der Waals surface area (Å²) in [5.74, 6) is 0.958. The molecule has 1 N–H and O–H groups in total. The highest BCUT2D eigenvalue weighted by atomic mass is 16.6. The summed E-state index contributed by atoms with van der Waals surface area (Å²) in [4.78, 5) is 23.5. The summed E-state index contributed by atoms with van der Waals surface area (Å²) in [6.45, 7) is 0.0506. The van der Waals surface area contributed by atoms with E-state index < -0.39 is 5.97 Å². The van der Waals surface area contributed by atoms with Gasteiger partial charge >= 0.3 is 5.97 Å². The van der Waals surface area contributed by atoms with Crippen molar-refractivity contribution in [2.45, 2.75) is 6.54 Å². The van der Waals surface area contributed by atoms with E-state index in [2.05, 4.69) is 10.1 Å². The fourth-order valence-electron chi connectivity index (χ4n) is 2.23. The van der Waals surface area contributed by atoms with Gasteiger partial charge in [-0.2, -0.15) is 0 Å². The Bertz CT molecular complexity index is 774. The molecular formula is C19H21NO6. The van der Waals surface area contributed by atoms with Crippen molar-refractivity contribution in [1.82, 2.24) is 5.32 Å². The molecule has 7 nitrogen and oxygen atoms in total. The molecule has 1 amide bonds. The van der Waals surface area contributed by atoms with Gasteiger partial charge in [-0.3, -0.25) is 4.79 Å². The Hall–Kier alpha value is -3.22. The lowest BCUT2D eigenvalue weighted by Crippen LogP contribution is -2.23. The van der Waals surface area contributed by atoms with E-state index in [-0.39, 0.29) is 19.1 Å². The van der Waals surface area contributed by atoms with Crippen molar-refractivity contribution in [3.05, 3.63) is 53.6 Å². The lowest BCUT2D eigenvalue weighted by Gasteiger charge is -2.12. The summed E-state index contributed by atoms with van der Waals surface area (Å²) in [7, 11) is 4.42. The first-order valence-electron chi connectivity index (χ1n) is 7.86. The molecule has 0 atom stereocenters. The second kappa shape index (κ2) is 9.31. The van der Waals surface area contributed by atoms with Crippen molar-refractivity contribution in [1.29, 1.82) is 0 Å². The van der Waals surface area contributed by atoms with Gasteiger partial charge in [-0.1, -0.05) is 6.07 Å². The van der Waals surface area contributed by atoms with Crippen LogP contribution in [0.3, 0.4) is 0 Å². The third-order valence-corrected chi connectivity index (χ3v) is 3.61. The van der Waals surface area contributed by atoms with Crippen molar-refractivity contribution in [3.63, 3.8) is 0 Å². The van der Waals surface area contributed by atoms with Gasteiger partial charge in [-0.25, -0.2) is 4.79 Å². The molecule has 2 rings (SSSR count). The molecule has 0 spiro atoms. The number of hydrogen-bond acceptors (Lipinski definition) is 6. The fraction of sp³-hybridized carbons (Fsp3) is 0.263. The third kappa shape index (κ3) is 5.14. The first-order valence-corrected chi connectivity index (χ1v) is 7.86. The zero-order chi connectivity index (χ0) is 18.9. The maximum atomic E-state index is 12.4. The maximum Gasteiger partial charge on any atom is 0.343 e. The number of esters is 1. The van der Waals surface area contributed by atoms with Crippen LogP contribution in [0.2, 0.25) is 0 Å². The molecular weight excluding hydrogens is 338 g/mol. The number of ether oxygens (including phenoxy) is 4. The molecule has 7 heteroatoms. The second-order valence-electron chi connectivity index (χ2n) is 5.25. The minimum Gasteiger partial charge on any atom is -0.497 e. The van der Waals surface area contributed by atoms with Crippen LogP contribution >= 0.6 is 0 Å².